The van der Waals surface area contributed by atoms with Gasteiger partial charge in [-0.15, -0.1) is 0 Å². The Hall–Kier alpha value is -2.54. The van der Waals surface area contributed by atoms with Gasteiger partial charge in [-0.1, -0.05) is 12.1 Å². The standard InChI is InChI=1S/C21H19F2NO3S/c1-26-17-4-2-3-13-11-18(27-20(13)17)21(25)24-8-7-19(28-10-9-24)15-12-14(22)5-6-16(15)23/h2-6,11-12,19H,7-10H2,1H3. The van der Waals surface area contributed by atoms with Crippen LogP contribution in [0, 0.1) is 11.6 Å². The van der Waals surface area contributed by atoms with Crippen LogP contribution in [0.15, 0.2) is 46.9 Å². The zero-order valence-corrected chi connectivity index (χ0v) is 16.1. The Morgan fingerprint density at radius 1 is 1.21 bits per heavy atom. The van der Waals surface area contributed by atoms with Crippen molar-refractivity contribution in [2.24, 2.45) is 0 Å². The van der Waals surface area contributed by atoms with Crippen molar-refractivity contribution in [3.8, 4) is 5.75 Å². The van der Waals surface area contributed by atoms with Crippen LogP contribution in [0.1, 0.15) is 27.8 Å². The number of nitrogens with zero attached hydrogens (tertiary/aromatic N) is 1. The second kappa shape index (κ2) is 7.83. The summed E-state index contributed by atoms with van der Waals surface area (Å²) >= 11 is 1.54. The zero-order chi connectivity index (χ0) is 19.7. The molecule has 0 spiro atoms. The van der Waals surface area contributed by atoms with Gasteiger partial charge < -0.3 is 14.1 Å². The number of benzene rings is 2. The van der Waals surface area contributed by atoms with Crippen molar-refractivity contribution in [1.82, 2.24) is 4.90 Å². The van der Waals surface area contributed by atoms with Crippen LogP contribution in [-0.2, 0) is 0 Å². The quantitative estimate of drug-likeness (QED) is 0.615. The molecule has 28 heavy (non-hydrogen) atoms. The molecule has 146 valence electrons. The van der Waals surface area contributed by atoms with E-state index >= 15 is 0 Å². The topological polar surface area (TPSA) is 42.7 Å². The average molecular weight is 403 g/mol. The third-order valence-corrected chi connectivity index (χ3v) is 6.18. The maximum atomic E-state index is 14.1. The number of hydrogen-bond donors (Lipinski definition) is 0. The van der Waals surface area contributed by atoms with Crippen LogP contribution in [0.25, 0.3) is 11.0 Å². The number of fused-ring (bicyclic) bond motifs is 1. The first-order valence-electron chi connectivity index (χ1n) is 8.99. The normalized spacial score (nSPS) is 17.5. The summed E-state index contributed by atoms with van der Waals surface area (Å²) in [5.74, 6) is 0.382. The van der Waals surface area contributed by atoms with Gasteiger partial charge in [-0.25, -0.2) is 8.78 Å². The van der Waals surface area contributed by atoms with Gasteiger partial charge in [0.25, 0.3) is 5.91 Å². The van der Waals surface area contributed by atoms with Gasteiger partial charge in [0.1, 0.15) is 11.6 Å². The van der Waals surface area contributed by atoms with Gasteiger partial charge in [-0.05, 0) is 36.8 Å². The van der Waals surface area contributed by atoms with E-state index in [-0.39, 0.29) is 16.9 Å². The van der Waals surface area contributed by atoms with E-state index in [2.05, 4.69) is 0 Å². The van der Waals surface area contributed by atoms with Crippen molar-refractivity contribution in [2.45, 2.75) is 11.7 Å². The van der Waals surface area contributed by atoms with E-state index in [1.807, 2.05) is 12.1 Å². The van der Waals surface area contributed by atoms with Crippen LogP contribution in [0.4, 0.5) is 8.78 Å². The lowest BCUT2D eigenvalue weighted by Crippen LogP contribution is -2.32. The first-order chi connectivity index (χ1) is 13.6. The fraction of sp³-hybridized carbons (Fsp3) is 0.286. The number of halogens is 2. The summed E-state index contributed by atoms with van der Waals surface area (Å²) in [5, 5.41) is 0.607. The average Bonchev–Trinajstić information content (AvgIpc) is 2.99. The Morgan fingerprint density at radius 3 is 2.89 bits per heavy atom. The third kappa shape index (κ3) is 3.58. The largest absolute Gasteiger partial charge is 0.493 e. The number of carbonyl (C=O) groups is 1. The molecule has 4 nitrogen and oxygen atoms in total. The van der Waals surface area contributed by atoms with Crippen LogP contribution in [0.2, 0.25) is 0 Å². The first-order valence-corrected chi connectivity index (χ1v) is 10.0. The summed E-state index contributed by atoms with van der Waals surface area (Å²) in [6, 6.07) is 10.7. The zero-order valence-electron chi connectivity index (χ0n) is 15.3. The molecule has 1 aliphatic rings. The van der Waals surface area contributed by atoms with E-state index in [9.17, 15) is 13.6 Å². The van der Waals surface area contributed by atoms with E-state index in [1.165, 1.54) is 17.8 Å². The number of thioether (sulfide) groups is 1. The fourth-order valence-electron chi connectivity index (χ4n) is 3.44. The highest BCUT2D eigenvalue weighted by Gasteiger charge is 2.26. The van der Waals surface area contributed by atoms with Crippen LogP contribution in [-0.4, -0.2) is 36.8 Å². The maximum Gasteiger partial charge on any atom is 0.289 e. The van der Waals surface area contributed by atoms with Crippen LogP contribution >= 0.6 is 11.8 Å². The predicted octanol–water partition coefficient (Wildman–Crippen LogP) is 5.04. The Labute approximate surface area is 165 Å². The summed E-state index contributed by atoms with van der Waals surface area (Å²) in [7, 11) is 1.55. The molecule has 4 rings (SSSR count). The van der Waals surface area contributed by atoms with Gasteiger partial charge in [0.15, 0.2) is 17.1 Å². The van der Waals surface area contributed by atoms with Gasteiger partial charge in [0.2, 0.25) is 0 Å². The summed E-state index contributed by atoms with van der Waals surface area (Å²) in [6.45, 7) is 0.964. The van der Waals surface area contributed by atoms with E-state index < -0.39 is 11.6 Å². The molecule has 1 amide bonds. The molecule has 3 aromatic rings. The molecule has 1 fully saturated rings. The predicted molar refractivity (Wildman–Crippen MR) is 105 cm³/mol. The van der Waals surface area contributed by atoms with Gasteiger partial charge in [0, 0.05) is 35.0 Å². The monoisotopic (exact) mass is 403 g/mol. The van der Waals surface area contributed by atoms with E-state index in [4.69, 9.17) is 9.15 Å². The summed E-state index contributed by atoms with van der Waals surface area (Å²) < 4.78 is 38.7. The maximum absolute atomic E-state index is 14.1. The van der Waals surface area contributed by atoms with E-state index in [0.717, 1.165) is 17.5 Å². The van der Waals surface area contributed by atoms with Gasteiger partial charge in [0.05, 0.1) is 7.11 Å². The van der Waals surface area contributed by atoms with Crippen molar-refractivity contribution in [2.75, 3.05) is 26.0 Å². The number of rotatable bonds is 3. The Balaban J connectivity index is 1.53. The molecule has 1 unspecified atom stereocenters. The minimum absolute atomic E-state index is 0.190. The lowest BCUT2D eigenvalue weighted by Gasteiger charge is -2.19. The minimum atomic E-state index is -0.453. The Kier molecular flexibility index (Phi) is 5.26. The summed E-state index contributed by atoms with van der Waals surface area (Å²) in [4.78, 5) is 14.6. The molecule has 1 aliphatic heterocycles. The minimum Gasteiger partial charge on any atom is -0.493 e. The third-order valence-electron chi connectivity index (χ3n) is 4.87. The molecule has 1 atom stereocenters. The molecule has 0 aliphatic carbocycles. The van der Waals surface area contributed by atoms with Crippen LogP contribution in [0.5, 0.6) is 5.75 Å². The number of ether oxygens (including phenoxy) is 1. The number of furan rings is 1. The lowest BCUT2D eigenvalue weighted by molar-refractivity contribution is 0.0737. The Morgan fingerprint density at radius 2 is 2.07 bits per heavy atom. The molecule has 7 heteroatoms. The van der Waals surface area contributed by atoms with Crippen molar-refractivity contribution in [3.05, 3.63) is 65.4 Å². The van der Waals surface area contributed by atoms with Crippen molar-refractivity contribution in [1.29, 1.82) is 0 Å². The summed E-state index contributed by atoms with van der Waals surface area (Å²) in [5.41, 5.74) is 0.894. The fourth-order valence-corrected chi connectivity index (χ4v) is 4.68. The highest BCUT2D eigenvalue weighted by Crippen LogP contribution is 2.36. The van der Waals surface area contributed by atoms with Crippen molar-refractivity contribution in [3.63, 3.8) is 0 Å². The molecule has 1 saturated heterocycles. The smallest absolute Gasteiger partial charge is 0.289 e. The molecular weight excluding hydrogens is 384 g/mol. The molecule has 0 radical (unpaired) electrons. The first kappa shape index (κ1) is 18.8. The second-order valence-corrected chi connectivity index (χ2v) is 7.91. The van der Waals surface area contributed by atoms with E-state index in [1.54, 1.807) is 24.1 Å². The number of para-hydroxylation sites is 1. The number of carbonyl (C=O) groups excluding carboxylic acids is 1. The number of amides is 1. The van der Waals surface area contributed by atoms with Gasteiger partial charge in [-0.3, -0.25) is 4.79 Å². The number of hydrogen-bond acceptors (Lipinski definition) is 4. The molecule has 0 saturated carbocycles. The highest BCUT2D eigenvalue weighted by atomic mass is 32.2. The number of methoxy groups -OCH3 is 1. The molecule has 0 bridgehead atoms. The lowest BCUT2D eigenvalue weighted by atomic mass is 10.1. The second-order valence-electron chi connectivity index (χ2n) is 6.60. The van der Waals surface area contributed by atoms with Crippen LogP contribution in [0.3, 0.4) is 0 Å². The highest BCUT2D eigenvalue weighted by molar-refractivity contribution is 7.99. The molecule has 1 aromatic heterocycles. The van der Waals surface area contributed by atoms with E-state index in [0.29, 0.717) is 42.2 Å². The SMILES string of the molecule is COc1cccc2cc(C(=O)N3CCSC(c4cc(F)ccc4F)CC3)oc12. The molecule has 2 aromatic carbocycles. The van der Waals surface area contributed by atoms with Gasteiger partial charge >= 0.3 is 0 Å². The Bertz CT molecular complexity index is 1020. The summed E-state index contributed by atoms with van der Waals surface area (Å²) in [6.07, 6.45) is 0.542. The molecule has 2 heterocycles. The molecule has 0 N–H and O–H groups in total. The van der Waals surface area contributed by atoms with Crippen molar-refractivity contribution < 1.29 is 22.7 Å². The molecular formula is C21H19F2NO3S. The van der Waals surface area contributed by atoms with Gasteiger partial charge in [-0.2, -0.15) is 11.8 Å². The van der Waals surface area contributed by atoms with Crippen LogP contribution < -0.4 is 4.74 Å². The van der Waals surface area contributed by atoms with Crippen molar-refractivity contribution >= 4 is 28.6 Å².